The molecule has 0 aromatic carbocycles. The number of nitrogens with one attached hydrogen (secondary N) is 1. The summed E-state index contributed by atoms with van der Waals surface area (Å²) in [5.74, 6) is 0.915. The zero-order valence-electron chi connectivity index (χ0n) is 9.56. The van der Waals surface area contributed by atoms with Crippen LogP contribution in [0.25, 0.3) is 0 Å². The topological polar surface area (TPSA) is 88.2 Å². The fraction of sp³-hybridized carbons (Fsp3) is 0.700. The number of aryl methyl sites for hydroxylation is 2. The number of aliphatic hydroxyl groups is 1. The van der Waals surface area contributed by atoms with Crippen molar-refractivity contribution in [2.45, 2.75) is 39.2 Å². The SMILES string of the molecule is CC[C@@H](CO)NC(=O)CCc1nc(C)no1. The van der Waals surface area contributed by atoms with Crippen LogP contribution in [0.1, 0.15) is 31.5 Å². The zero-order chi connectivity index (χ0) is 12.0. The third kappa shape index (κ3) is 3.98. The molecule has 0 aliphatic carbocycles. The van der Waals surface area contributed by atoms with Crippen molar-refractivity contribution in [1.82, 2.24) is 15.5 Å². The quantitative estimate of drug-likeness (QED) is 0.724. The molecule has 1 aromatic rings. The lowest BCUT2D eigenvalue weighted by Gasteiger charge is -2.13. The number of nitrogens with zero attached hydrogens (tertiary/aromatic N) is 2. The molecule has 0 aliphatic rings. The standard InChI is InChI=1S/C10H17N3O3/c1-3-8(6-14)12-9(15)4-5-10-11-7(2)13-16-10/h8,14H,3-6H2,1-2H3,(H,12,15)/t8-/m0/s1. The molecule has 1 amide bonds. The van der Waals surface area contributed by atoms with Crippen LogP contribution in [0.5, 0.6) is 0 Å². The number of rotatable bonds is 6. The molecule has 1 rings (SSSR count). The highest BCUT2D eigenvalue weighted by Crippen LogP contribution is 2.00. The fourth-order valence-electron chi connectivity index (χ4n) is 1.24. The van der Waals surface area contributed by atoms with Crippen LogP contribution in [0, 0.1) is 6.92 Å². The predicted molar refractivity (Wildman–Crippen MR) is 56.7 cm³/mol. The third-order valence-electron chi connectivity index (χ3n) is 2.21. The van der Waals surface area contributed by atoms with Crippen molar-refractivity contribution < 1.29 is 14.4 Å². The number of carbonyl (C=O) groups excluding carboxylic acids is 1. The molecular weight excluding hydrogens is 210 g/mol. The van der Waals surface area contributed by atoms with E-state index in [0.29, 0.717) is 24.6 Å². The Morgan fingerprint density at radius 3 is 2.88 bits per heavy atom. The summed E-state index contributed by atoms with van der Waals surface area (Å²) in [7, 11) is 0. The van der Waals surface area contributed by atoms with Crippen LogP contribution in [0.4, 0.5) is 0 Å². The number of hydrogen-bond acceptors (Lipinski definition) is 5. The van der Waals surface area contributed by atoms with Gasteiger partial charge in [0.15, 0.2) is 5.82 Å². The van der Waals surface area contributed by atoms with Gasteiger partial charge in [-0.3, -0.25) is 4.79 Å². The van der Waals surface area contributed by atoms with Crippen LogP contribution in [0.15, 0.2) is 4.52 Å². The molecular formula is C10H17N3O3. The normalized spacial score (nSPS) is 12.4. The monoisotopic (exact) mass is 227 g/mol. The highest BCUT2D eigenvalue weighted by molar-refractivity contribution is 5.76. The summed E-state index contributed by atoms with van der Waals surface area (Å²) in [6.07, 6.45) is 1.43. The van der Waals surface area contributed by atoms with E-state index in [1.54, 1.807) is 6.92 Å². The van der Waals surface area contributed by atoms with Crippen LogP contribution in [0.2, 0.25) is 0 Å². The summed E-state index contributed by atoms with van der Waals surface area (Å²) in [5.41, 5.74) is 0. The van der Waals surface area contributed by atoms with Gasteiger partial charge in [-0.2, -0.15) is 4.98 Å². The van der Waals surface area contributed by atoms with Crippen LogP contribution in [-0.4, -0.2) is 33.8 Å². The maximum atomic E-state index is 11.4. The molecule has 0 fully saturated rings. The fourth-order valence-corrected chi connectivity index (χ4v) is 1.24. The van der Waals surface area contributed by atoms with E-state index in [2.05, 4.69) is 15.5 Å². The van der Waals surface area contributed by atoms with Gasteiger partial charge >= 0.3 is 0 Å². The number of aromatic nitrogens is 2. The molecule has 6 nitrogen and oxygen atoms in total. The first-order valence-corrected chi connectivity index (χ1v) is 5.35. The molecule has 90 valence electrons. The second-order valence-corrected chi connectivity index (χ2v) is 3.59. The highest BCUT2D eigenvalue weighted by atomic mass is 16.5. The number of aliphatic hydroxyl groups excluding tert-OH is 1. The molecule has 1 atom stereocenters. The van der Waals surface area contributed by atoms with Crippen molar-refractivity contribution in [3.05, 3.63) is 11.7 Å². The molecule has 0 saturated carbocycles. The van der Waals surface area contributed by atoms with E-state index in [1.807, 2.05) is 6.92 Å². The number of amides is 1. The first-order valence-electron chi connectivity index (χ1n) is 5.35. The van der Waals surface area contributed by atoms with E-state index in [1.165, 1.54) is 0 Å². The maximum Gasteiger partial charge on any atom is 0.227 e. The maximum absolute atomic E-state index is 11.4. The minimum Gasteiger partial charge on any atom is -0.394 e. The summed E-state index contributed by atoms with van der Waals surface area (Å²) in [5, 5.41) is 15.3. The molecule has 6 heteroatoms. The van der Waals surface area contributed by atoms with Gasteiger partial charge in [0, 0.05) is 12.8 Å². The molecule has 0 unspecified atom stereocenters. The Balaban J connectivity index is 2.30. The van der Waals surface area contributed by atoms with Crippen molar-refractivity contribution in [2.75, 3.05) is 6.61 Å². The molecule has 16 heavy (non-hydrogen) atoms. The predicted octanol–water partition coefficient (Wildman–Crippen LogP) is 0.198. The lowest BCUT2D eigenvalue weighted by molar-refractivity contribution is -0.122. The summed E-state index contributed by atoms with van der Waals surface area (Å²) in [6, 6.07) is -0.170. The van der Waals surface area contributed by atoms with Gasteiger partial charge in [0.1, 0.15) is 0 Å². The lowest BCUT2D eigenvalue weighted by Crippen LogP contribution is -2.37. The van der Waals surface area contributed by atoms with Crippen LogP contribution in [-0.2, 0) is 11.2 Å². The summed E-state index contributed by atoms with van der Waals surface area (Å²) < 4.78 is 4.88. The van der Waals surface area contributed by atoms with Crippen LogP contribution >= 0.6 is 0 Å². The Bertz CT molecular complexity index is 334. The molecule has 0 aliphatic heterocycles. The minimum atomic E-state index is -0.170. The van der Waals surface area contributed by atoms with Gasteiger partial charge in [-0.25, -0.2) is 0 Å². The van der Waals surface area contributed by atoms with Crippen LogP contribution in [0.3, 0.4) is 0 Å². The molecule has 0 radical (unpaired) electrons. The third-order valence-corrected chi connectivity index (χ3v) is 2.21. The Hall–Kier alpha value is -1.43. The Morgan fingerprint density at radius 1 is 1.62 bits per heavy atom. The second-order valence-electron chi connectivity index (χ2n) is 3.59. The van der Waals surface area contributed by atoms with Crippen molar-refractivity contribution in [3.63, 3.8) is 0 Å². The van der Waals surface area contributed by atoms with Gasteiger partial charge in [-0.15, -0.1) is 0 Å². The van der Waals surface area contributed by atoms with E-state index in [-0.39, 0.29) is 25.0 Å². The van der Waals surface area contributed by atoms with E-state index in [9.17, 15) is 4.79 Å². The Morgan fingerprint density at radius 2 is 2.38 bits per heavy atom. The van der Waals surface area contributed by atoms with Gasteiger partial charge in [0.2, 0.25) is 11.8 Å². The van der Waals surface area contributed by atoms with Gasteiger partial charge in [0.25, 0.3) is 0 Å². The molecule has 0 spiro atoms. The zero-order valence-corrected chi connectivity index (χ0v) is 9.56. The van der Waals surface area contributed by atoms with Crippen molar-refractivity contribution in [3.8, 4) is 0 Å². The number of carbonyl (C=O) groups is 1. The van der Waals surface area contributed by atoms with Crippen molar-refractivity contribution in [1.29, 1.82) is 0 Å². The Kier molecular flexibility index (Phi) is 4.91. The largest absolute Gasteiger partial charge is 0.394 e. The average Bonchev–Trinajstić information content (AvgIpc) is 2.69. The molecule has 0 bridgehead atoms. The highest BCUT2D eigenvalue weighted by Gasteiger charge is 2.11. The second kappa shape index (κ2) is 6.22. The van der Waals surface area contributed by atoms with E-state index >= 15 is 0 Å². The van der Waals surface area contributed by atoms with Gasteiger partial charge in [-0.1, -0.05) is 12.1 Å². The van der Waals surface area contributed by atoms with Gasteiger partial charge in [0.05, 0.1) is 12.6 Å². The van der Waals surface area contributed by atoms with E-state index in [0.717, 1.165) is 0 Å². The lowest BCUT2D eigenvalue weighted by atomic mass is 10.2. The summed E-state index contributed by atoms with van der Waals surface area (Å²) in [4.78, 5) is 15.4. The van der Waals surface area contributed by atoms with Gasteiger partial charge in [-0.05, 0) is 13.3 Å². The molecule has 1 aromatic heterocycles. The van der Waals surface area contributed by atoms with E-state index < -0.39 is 0 Å². The smallest absolute Gasteiger partial charge is 0.227 e. The summed E-state index contributed by atoms with van der Waals surface area (Å²) in [6.45, 7) is 3.59. The van der Waals surface area contributed by atoms with Crippen molar-refractivity contribution >= 4 is 5.91 Å². The average molecular weight is 227 g/mol. The molecule has 1 heterocycles. The van der Waals surface area contributed by atoms with Crippen LogP contribution < -0.4 is 5.32 Å². The first-order chi connectivity index (χ1) is 7.65. The van der Waals surface area contributed by atoms with Gasteiger partial charge < -0.3 is 14.9 Å². The van der Waals surface area contributed by atoms with Crippen molar-refractivity contribution in [2.24, 2.45) is 0 Å². The summed E-state index contributed by atoms with van der Waals surface area (Å²) >= 11 is 0. The number of hydrogen-bond donors (Lipinski definition) is 2. The Labute approximate surface area is 94.0 Å². The molecule has 0 saturated heterocycles. The van der Waals surface area contributed by atoms with E-state index in [4.69, 9.17) is 9.63 Å². The molecule has 2 N–H and O–H groups in total. The first kappa shape index (κ1) is 12.6. The minimum absolute atomic E-state index is 0.0398.